The largest absolute Gasteiger partial charge is 0.397 e. The Kier molecular flexibility index (Phi) is 11.7. The van der Waals surface area contributed by atoms with Gasteiger partial charge in [-0.15, -0.1) is 0 Å². The third-order valence-corrected chi connectivity index (χ3v) is 14.0. The summed E-state index contributed by atoms with van der Waals surface area (Å²) in [6.07, 6.45) is -2.45. The first kappa shape index (κ1) is 39.5. The standard InChI is InChI=1S/C35H60O13S/c1-18(2)20(11-14-36)8-7-19(3)26-28(40)29(48-49(42,43)44)31-34(26,5)13-10-25-33(4)12-9-21(15-22(33)23(37)16-35(25,31)41)47-32-30(45-6)27(39)24(38)17-46-32/h15,18-21,23-32,36-41H,7-14,16-17H2,1-6H3,(H,42,43,44)/t19-,20-,21+,23-,24?,25?,26+,27?,28-,29?,30?,31?,32?,33+,34-,35+/m1/s1. The molecule has 284 valence electrons. The summed E-state index contributed by atoms with van der Waals surface area (Å²) < 4.78 is 56.9. The molecule has 14 heteroatoms. The smallest absolute Gasteiger partial charge is 0.396 e. The van der Waals surface area contributed by atoms with Crippen LogP contribution < -0.4 is 0 Å². The van der Waals surface area contributed by atoms with Crippen molar-refractivity contribution in [3.05, 3.63) is 11.6 Å². The van der Waals surface area contributed by atoms with Crippen LogP contribution in [0.3, 0.4) is 0 Å². The highest BCUT2D eigenvalue weighted by molar-refractivity contribution is 7.80. The summed E-state index contributed by atoms with van der Waals surface area (Å²) in [6, 6.07) is 0. The Balaban J connectivity index is 1.44. The van der Waals surface area contributed by atoms with Crippen LogP contribution in [0.15, 0.2) is 11.6 Å². The lowest BCUT2D eigenvalue weighted by atomic mass is 9.43. The predicted molar refractivity (Wildman–Crippen MR) is 177 cm³/mol. The van der Waals surface area contributed by atoms with Gasteiger partial charge in [-0.3, -0.25) is 4.55 Å². The summed E-state index contributed by atoms with van der Waals surface area (Å²) >= 11 is 0. The minimum atomic E-state index is -5.01. The Labute approximate surface area is 290 Å². The molecule has 1 heterocycles. The van der Waals surface area contributed by atoms with E-state index in [4.69, 9.17) is 18.4 Å². The molecule has 1 saturated heterocycles. The van der Waals surface area contributed by atoms with Crippen molar-refractivity contribution >= 4 is 10.4 Å². The van der Waals surface area contributed by atoms with E-state index in [1.54, 1.807) is 0 Å². The molecule has 0 spiro atoms. The van der Waals surface area contributed by atoms with E-state index in [2.05, 4.69) is 13.8 Å². The van der Waals surface area contributed by atoms with E-state index in [9.17, 15) is 43.6 Å². The molecule has 1 aliphatic heterocycles. The molecule has 0 amide bonds. The predicted octanol–water partition coefficient (Wildman–Crippen LogP) is 1.97. The number of aliphatic hydroxyl groups excluding tert-OH is 5. The molecule has 13 nitrogen and oxygen atoms in total. The Hall–Kier alpha value is -0.750. The van der Waals surface area contributed by atoms with Crippen molar-refractivity contribution in [2.45, 2.75) is 141 Å². The number of rotatable bonds is 12. The molecular formula is C35H60O13S. The van der Waals surface area contributed by atoms with E-state index in [1.807, 2.05) is 26.8 Å². The molecule has 0 radical (unpaired) electrons. The summed E-state index contributed by atoms with van der Waals surface area (Å²) in [6.45, 7) is 10.2. The first-order valence-corrected chi connectivity index (χ1v) is 19.4. The molecule has 5 rings (SSSR count). The van der Waals surface area contributed by atoms with Gasteiger partial charge in [0.25, 0.3) is 0 Å². The Morgan fingerprint density at radius 2 is 1.69 bits per heavy atom. The molecule has 4 aliphatic carbocycles. The fourth-order valence-electron chi connectivity index (χ4n) is 11.2. The van der Waals surface area contributed by atoms with E-state index in [1.165, 1.54) is 7.11 Å². The van der Waals surface area contributed by atoms with Crippen molar-refractivity contribution in [3.8, 4) is 0 Å². The van der Waals surface area contributed by atoms with Gasteiger partial charge in [0.15, 0.2) is 6.29 Å². The normalized spacial score (nSPS) is 46.8. The number of hydrogen-bond donors (Lipinski definition) is 7. The van der Waals surface area contributed by atoms with Crippen LogP contribution in [0.1, 0.15) is 86.0 Å². The van der Waals surface area contributed by atoms with Crippen LogP contribution in [0.2, 0.25) is 0 Å². The zero-order valence-electron chi connectivity index (χ0n) is 29.7. The molecule has 49 heavy (non-hydrogen) atoms. The van der Waals surface area contributed by atoms with Crippen molar-refractivity contribution in [3.63, 3.8) is 0 Å². The number of aliphatic hydroxyl groups is 6. The third kappa shape index (κ3) is 7.16. The Morgan fingerprint density at radius 3 is 2.31 bits per heavy atom. The average Bonchev–Trinajstić information content (AvgIpc) is 3.22. The quantitative estimate of drug-likeness (QED) is 0.114. The van der Waals surface area contributed by atoms with Crippen LogP contribution in [0.25, 0.3) is 0 Å². The third-order valence-electron chi connectivity index (χ3n) is 13.5. The second kappa shape index (κ2) is 14.6. The van der Waals surface area contributed by atoms with Crippen molar-refractivity contribution in [2.24, 2.45) is 46.3 Å². The molecule has 0 aromatic carbocycles. The molecule has 7 N–H and O–H groups in total. The molecule has 16 atom stereocenters. The summed E-state index contributed by atoms with van der Waals surface area (Å²) in [5.41, 5.74) is -2.42. The van der Waals surface area contributed by atoms with E-state index < -0.39 is 93.6 Å². The van der Waals surface area contributed by atoms with Gasteiger partial charge in [0.2, 0.25) is 0 Å². The zero-order valence-corrected chi connectivity index (χ0v) is 30.5. The molecule has 4 fully saturated rings. The van der Waals surface area contributed by atoms with Crippen LogP contribution in [0.4, 0.5) is 0 Å². The van der Waals surface area contributed by atoms with Crippen molar-refractivity contribution in [1.29, 1.82) is 0 Å². The van der Waals surface area contributed by atoms with Crippen LogP contribution >= 0.6 is 0 Å². The van der Waals surface area contributed by atoms with Crippen LogP contribution in [0.5, 0.6) is 0 Å². The fourth-order valence-corrected chi connectivity index (χ4v) is 11.8. The summed E-state index contributed by atoms with van der Waals surface area (Å²) in [5.74, 6) is -1.26. The maximum atomic E-state index is 12.9. The molecule has 0 aromatic rings. The van der Waals surface area contributed by atoms with Crippen LogP contribution in [-0.4, -0.2) is 119 Å². The lowest BCUT2D eigenvalue weighted by Crippen LogP contribution is -2.66. The van der Waals surface area contributed by atoms with Gasteiger partial charge in [-0.25, -0.2) is 4.18 Å². The monoisotopic (exact) mass is 720 g/mol. The fraction of sp³-hybridized carbons (Fsp3) is 0.943. The molecule has 7 unspecified atom stereocenters. The van der Waals surface area contributed by atoms with Gasteiger partial charge >= 0.3 is 10.4 Å². The molecule has 3 saturated carbocycles. The second-order valence-corrected chi connectivity index (χ2v) is 17.6. The van der Waals surface area contributed by atoms with Gasteiger partial charge in [-0.2, -0.15) is 8.42 Å². The summed E-state index contributed by atoms with van der Waals surface area (Å²) in [5, 5.41) is 66.6. The number of hydrogen-bond acceptors (Lipinski definition) is 12. The van der Waals surface area contributed by atoms with E-state index >= 15 is 0 Å². The minimum Gasteiger partial charge on any atom is -0.396 e. The molecule has 0 bridgehead atoms. The average molecular weight is 721 g/mol. The van der Waals surface area contributed by atoms with Crippen molar-refractivity contribution in [2.75, 3.05) is 20.3 Å². The van der Waals surface area contributed by atoms with Gasteiger partial charge in [0, 0.05) is 26.1 Å². The summed E-state index contributed by atoms with van der Waals surface area (Å²) in [4.78, 5) is 0. The first-order chi connectivity index (χ1) is 22.8. The van der Waals surface area contributed by atoms with Crippen LogP contribution in [-0.2, 0) is 28.8 Å². The van der Waals surface area contributed by atoms with Crippen LogP contribution in [0, 0.1) is 46.3 Å². The Bertz CT molecular complexity index is 1290. The highest BCUT2D eigenvalue weighted by Gasteiger charge is 2.73. The first-order valence-electron chi connectivity index (χ1n) is 18.1. The van der Waals surface area contributed by atoms with E-state index in [0.29, 0.717) is 50.0 Å². The van der Waals surface area contributed by atoms with Gasteiger partial charge in [0.05, 0.1) is 30.5 Å². The highest BCUT2D eigenvalue weighted by Crippen LogP contribution is 2.70. The van der Waals surface area contributed by atoms with Gasteiger partial charge in [0.1, 0.15) is 24.4 Å². The molecule has 0 aromatic heterocycles. The number of methoxy groups -OCH3 is 1. The lowest BCUT2D eigenvalue weighted by molar-refractivity contribution is -0.285. The van der Waals surface area contributed by atoms with Crippen molar-refractivity contribution < 1.29 is 62.0 Å². The SMILES string of the molecule is COC1C(O[C@@H]2C=C3[C@H](O)C[C@]4(O)C(CC[C@@]5(C)C4C(OS(=O)(=O)O)[C@H](O)[C@@H]5[C@H](C)CC[C@H](CCO)C(C)C)[C@@]3(C)CC2)OCC(O)C1O. The maximum absolute atomic E-state index is 12.9. The topological polar surface area (TPSA) is 213 Å². The van der Waals surface area contributed by atoms with Gasteiger partial charge in [-0.05, 0) is 84.5 Å². The van der Waals surface area contributed by atoms with E-state index in [0.717, 1.165) is 6.42 Å². The molecular weight excluding hydrogens is 660 g/mol. The lowest BCUT2D eigenvalue weighted by Gasteiger charge is -2.64. The van der Waals surface area contributed by atoms with Crippen molar-refractivity contribution in [1.82, 2.24) is 0 Å². The second-order valence-electron chi connectivity index (χ2n) is 16.6. The Morgan fingerprint density at radius 1 is 1.00 bits per heavy atom. The zero-order chi connectivity index (χ0) is 36.3. The summed E-state index contributed by atoms with van der Waals surface area (Å²) in [7, 11) is -3.61. The number of ether oxygens (including phenoxy) is 3. The minimum absolute atomic E-state index is 0.0848. The van der Waals surface area contributed by atoms with Gasteiger partial charge in [-0.1, -0.05) is 47.1 Å². The highest BCUT2D eigenvalue weighted by atomic mass is 32.3. The molecule has 5 aliphatic rings. The van der Waals surface area contributed by atoms with Gasteiger partial charge < -0.3 is 44.8 Å². The van der Waals surface area contributed by atoms with E-state index in [-0.39, 0.29) is 31.5 Å². The maximum Gasteiger partial charge on any atom is 0.397 e. The number of fused-ring (bicyclic) bond motifs is 5.